The molecule has 8 bridgehead atoms. The molecule has 4 aromatic heterocycles. The molecular weight excluding hydrogens is 609 g/mol. The molecule has 1 aliphatic heterocycles. The van der Waals surface area contributed by atoms with Gasteiger partial charge in [-0.1, -0.05) is 90.9 Å². The smallest absolute Gasteiger partial charge is 0.0521 e. The molecule has 0 radical (unpaired) electrons. The molecule has 6 aromatic rings. The van der Waals surface area contributed by atoms with Gasteiger partial charge in [-0.2, -0.15) is 0 Å². The third-order valence-corrected chi connectivity index (χ3v) is 11.3. The Labute approximate surface area is 297 Å². The highest BCUT2D eigenvalue weighted by molar-refractivity contribution is 6.01. The lowest BCUT2D eigenvalue weighted by atomic mass is 9.90. The molecule has 5 heterocycles. The van der Waals surface area contributed by atoms with E-state index in [9.17, 15) is 0 Å². The summed E-state index contributed by atoms with van der Waals surface area (Å²) in [5.74, 6) is 0. The Morgan fingerprint density at radius 1 is 0.460 bits per heavy atom. The van der Waals surface area contributed by atoms with Crippen molar-refractivity contribution in [3.63, 3.8) is 0 Å². The van der Waals surface area contributed by atoms with Crippen LogP contribution in [0.5, 0.6) is 0 Å². The molecule has 7 rings (SSSR count). The first-order chi connectivity index (χ1) is 24.5. The van der Waals surface area contributed by atoms with E-state index in [4.69, 9.17) is 0 Å². The Morgan fingerprint density at radius 2 is 1.04 bits per heavy atom. The molecule has 2 aromatic carbocycles. The molecule has 0 spiro atoms. The van der Waals surface area contributed by atoms with Crippen molar-refractivity contribution in [2.45, 2.75) is 107 Å². The van der Waals surface area contributed by atoms with E-state index in [1.807, 2.05) is 0 Å². The van der Waals surface area contributed by atoms with Gasteiger partial charge in [0.15, 0.2) is 0 Å². The summed E-state index contributed by atoms with van der Waals surface area (Å²) in [6.07, 6.45) is 6.69. The van der Waals surface area contributed by atoms with Crippen LogP contribution in [0.1, 0.15) is 121 Å². The Kier molecular flexibility index (Phi) is 9.39. The number of nitrogens with one attached hydrogen (secondary N) is 3. The summed E-state index contributed by atoms with van der Waals surface area (Å²) in [6.45, 7) is 19.6. The van der Waals surface area contributed by atoms with Crippen LogP contribution in [0.4, 0.5) is 0 Å². The average Bonchev–Trinajstić information content (AvgIpc) is 3.95. The molecule has 0 aliphatic carbocycles. The summed E-state index contributed by atoms with van der Waals surface area (Å²) in [5.41, 5.74) is 17.5. The van der Waals surface area contributed by atoms with Gasteiger partial charge in [-0.3, -0.25) is 0 Å². The highest BCUT2D eigenvalue weighted by Gasteiger charge is 2.26. The van der Waals surface area contributed by atoms with Crippen LogP contribution < -0.4 is 21.4 Å². The van der Waals surface area contributed by atoms with Crippen LogP contribution in [0, 0.1) is 0 Å². The number of fused-ring (bicyclic) bond motifs is 9. The van der Waals surface area contributed by atoms with E-state index in [2.05, 4.69) is 142 Å². The molecule has 0 unspecified atom stereocenters. The fourth-order valence-electron chi connectivity index (χ4n) is 9.08. The van der Waals surface area contributed by atoms with Crippen LogP contribution in [0.15, 0.2) is 66.7 Å². The third-order valence-electron chi connectivity index (χ3n) is 11.3. The molecule has 0 amide bonds. The molecule has 0 atom stereocenters. The zero-order chi connectivity index (χ0) is 35.1. The number of aromatic amines is 3. The molecular formula is C46H54N4. The number of rotatable bonds is 9. The first-order valence-electron chi connectivity index (χ1n) is 19.3. The Hall–Kier alpha value is -4.70. The van der Waals surface area contributed by atoms with Gasteiger partial charge in [-0.15, -0.1) is 0 Å². The summed E-state index contributed by atoms with van der Waals surface area (Å²) in [7, 11) is 0. The summed E-state index contributed by atoms with van der Waals surface area (Å²) < 4.78 is 2.67. The van der Waals surface area contributed by atoms with Gasteiger partial charge in [0.25, 0.3) is 0 Å². The maximum Gasteiger partial charge on any atom is 0.0521 e. The van der Waals surface area contributed by atoms with Crippen LogP contribution in [-0.2, 0) is 25.8 Å². The number of benzene rings is 2. The second-order valence-electron chi connectivity index (χ2n) is 13.6. The van der Waals surface area contributed by atoms with Gasteiger partial charge in [-0.05, 0) is 131 Å². The predicted molar refractivity (Wildman–Crippen MR) is 213 cm³/mol. The highest BCUT2D eigenvalue weighted by Crippen LogP contribution is 2.40. The summed E-state index contributed by atoms with van der Waals surface area (Å²) in [5, 5.41) is 7.78. The monoisotopic (exact) mass is 662 g/mol. The predicted octanol–water partition coefficient (Wildman–Crippen LogP) is 8.75. The van der Waals surface area contributed by atoms with Crippen molar-refractivity contribution in [2.24, 2.45) is 0 Å². The van der Waals surface area contributed by atoms with Gasteiger partial charge >= 0.3 is 0 Å². The van der Waals surface area contributed by atoms with Gasteiger partial charge in [0.05, 0.1) is 5.69 Å². The van der Waals surface area contributed by atoms with E-state index >= 15 is 0 Å². The van der Waals surface area contributed by atoms with Gasteiger partial charge in [-0.25, -0.2) is 0 Å². The zero-order valence-electron chi connectivity index (χ0n) is 31.5. The number of hydrogen-bond donors (Lipinski definition) is 3. The van der Waals surface area contributed by atoms with Crippen molar-refractivity contribution in [1.82, 2.24) is 19.5 Å². The number of hydrogen-bond acceptors (Lipinski definition) is 0. The molecule has 3 N–H and O–H groups in total. The fourth-order valence-corrected chi connectivity index (χ4v) is 9.08. The largest absolute Gasteiger partial charge is 0.355 e. The zero-order valence-corrected chi connectivity index (χ0v) is 31.5. The molecule has 50 heavy (non-hydrogen) atoms. The summed E-state index contributed by atoms with van der Waals surface area (Å²) in [4.78, 5) is 12.1. The molecule has 0 fully saturated rings. The second-order valence-corrected chi connectivity index (χ2v) is 13.6. The van der Waals surface area contributed by atoms with Crippen molar-refractivity contribution in [1.29, 1.82) is 0 Å². The highest BCUT2D eigenvalue weighted by atomic mass is 15.0. The molecule has 0 saturated carbocycles. The Morgan fingerprint density at radius 3 is 1.66 bits per heavy atom. The van der Waals surface area contributed by atoms with E-state index in [0.717, 1.165) is 51.5 Å². The first-order valence-corrected chi connectivity index (χ1v) is 19.3. The first kappa shape index (κ1) is 33.8. The minimum Gasteiger partial charge on any atom is -0.355 e. The standard InChI is InChI=1S/C46H54N4/c1-9-29-30(10-2)46-35(15-7)43-34(14-6)42(37-23-19-21-28-20-17-18-22-36(28)37)44(49-43)32(12-4)40-26-24-38(47-40)31(11-3)39-25-27-41(48-39)33(13-5)45(29)50(46)16-8/h17-27,47-49H,9-16H2,1-8H3. The minimum atomic E-state index is 0.904. The van der Waals surface area contributed by atoms with Crippen LogP contribution in [0.25, 0.3) is 44.2 Å². The summed E-state index contributed by atoms with van der Waals surface area (Å²) >= 11 is 0. The van der Waals surface area contributed by atoms with Crippen LogP contribution >= 0.6 is 0 Å². The van der Waals surface area contributed by atoms with Crippen LogP contribution in [-0.4, -0.2) is 19.5 Å². The van der Waals surface area contributed by atoms with Crippen molar-refractivity contribution >= 4 is 33.1 Å². The van der Waals surface area contributed by atoms with Crippen molar-refractivity contribution < 1.29 is 0 Å². The molecule has 258 valence electrons. The second kappa shape index (κ2) is 13.9. The van der Waals surface area contributed by atoms with Crippen molar-refractivity contribution in [3.05, 3.63) is 128 Å². The normalized spacial score (nSPS) is 13.3. The Bertz CT molecular complexity index is 2460. The van der Waals surface area contributed by atoms with E-state index < -0.39 is 0 Å². The topological polar surface area (TPSA) is 52.3 Å². The maximum atomic E-state index is 4.21. The average molecular weight is 663 g/mol. The lowest BCUT2D eigenvalue weighted by Crippen LogP contribution is -2.31. The van der Waals surface area contributed by atoms with Gasteiger partial charge < -0.3 is 19.5 Å². The third kappa shape index (κ3) is 5.18. The van der Waals surface area contributed by atoms with E-state index in [1.165, 1.54) is 105 Å². The van der Waals surface area contributed by atoms with Gasteiger partial charge in [0, 0.05) is 50.6 Å². The lowest BCUT2D eigenvalue weighted by Gasteiger charge is -2.13. The number of aromatic nitrogens is 4. The SMILES string of the molecule is CCC1=c2ccc([nH]2)=C(CC)c2[nH]c(c(CC)c2-c2cccc3ccccc23)C(CC)=c2c(CC)c(CC)c(n2CC)=C(CC)c2ccc1[nH]2. The van der Waals surface area contributed by atoms with Gasteiger partial charge in [0.2, 0.25) is 0 Å². The quantitative estimate of drug-likeness (QED) is 0.139. The lowest BCUT2D eigenvalue weighted by molar-refractivity contribution is 0.709. The van der Waals surface area contributed by atoms with Gasteiger partial charge in [0.1, 0.15) is 0 Å². The Balaban J connectivity index is 1.79. The minimum absolute atomic E-state index is 0.904. The number of nitrogens with zero attached hydrogens (tertiary/aromatic N) is 1. The fraction of sp³-hybridized carbons (Fsp3) is 0.348. The summed E-state index contributed by atoms with van der Waals surface area (Å²) in [6, 6.07) is 24.9. The van der Waals surface area contributed by atoms with Crippen LogP contribution in [0.3, 0.4) is 0 Å². The number of H-pyrrole nitrogens is 3. The molecule has 4 heteroatoms. The molecule has 0 saturated heterocycles. The van der Waals surface area contributed by atoms with E-state index in [0.29, 0.717) is 0 Å². The molecule has 1 aliphatic rings. The van der Waals surface area contributed by atoms with Crippen molar-refractivity contribution in [2.75, 3.05) is 0 Å². The maximum absolute atomic E-state index is 4.21. The van der Waals surface area contributed by atoms with Crippen LogP contribution in [0.2, 0.25) is 0 Å². The molecule has 4 nitrogen and oxygen atoms in total. The van der Waals surface area contributed by atoms with Crippen molar-refractivity contribution in [3.8, 4) is 11.1 Å². The van der Waals surface area contributed by atoms with E-state index in [-0.39, 0.29) is 0 Å². The van der Waals surface area contributed by atoms with E-state index in [1.54, 1.807) is 0 Å².